The molecule has 1 atom stereocenters. The van der Waals surface area contributed by atoms with Gasteiger partial charge in [0.1, 0.15) is 10.6 Å². The molecule has 1 aliphatic rings. The number of rotatable bonds is 3. The summed E-state index contributed by atoms with van der Waals surface area (Å²) in [5.41, 5.74) is -0.151. The molecular formula is C16H18BrN3O2S. The summed E-state index contributed by atoms with van der Waals surface area (Å²) in [6.07, 6.45) is 1.80. The molecule has 3 rings (SSSR count). The Labute approximate surface area is 147 Å². The van der Waals surface area contributed by atoms with E-state index in [9.17, 15) is 9.90 Å². The number of amides is 2. The van der Waals surface area contributed by atoms with E-state index < -0.39 is 5.60 Å². The maximum absolute atomic E-state index is 12.3. The molecule has 1 unspecified atom stereocenters. The minimum absolute atomic E-state index is 0.138. The van der Waals surface area contributed by atoms with Gasteiger partial charge in [0, 0.05) is 15.5 Å². The van der Waals surface area contributed by atoms with Crippen LogP contribution in [0.3, 0.4) is 0 Å². The fourth-order valence-electron chi connectivity index (χ4n) is 2.60. The molecule has 0 aliphatic carbocycles. The third-order valence-corrected chi connectivity index (χ3v) is 5.49. The number of hydrogen-bond donors (Lipinski definition) is 2. The maximum Gasteiger partial charge on any atom is 0.318 e. The van der Waals surface area contributed by atoms with Gasteiger partial charge in [0.25, 0.3) is 0 Å². The predicted octanol–water partition coefficient (Wildman–Crippen LogP) is 3.19. The number of urea groups is 1. The lowest BCUT2D eigenvalue weighted by atomic mass is 9.86. The number of β-amino-alcohol motifs (C(OH)–C–C–N with tert-alkyl or cyclic N) is 1. The van der Waals surface area contributed by atoms with Crippen molar-refractivity contribution in [3.63, 3.8) is 0 Å². The second-order valence-electron chi connectivity index (χ2n) is 5.88. The lowest BCUT2D eigenvalue weighted by molar-refractivity contribution is -0.0819. The molecule has 1 aromatic carbocycles. The number of halogens is 1. The number of aromatic nitrogens is 1. The molecule has 1 saturated heterocycles. The lowest BCUT2D eigenvalue weighted by Gasteiger charge is -2.46. The summed E-state index contributed by atoms with van der Waals surface area (Å²) in [5.74, 6) is 0. The van der Waals surface area contributed by atoms with Crippen LogP contribution in [0.15, 0.2) is 34.9 Å². The van der Waals surface area contributed by atoms with Gasteiger partial charge in [-0.15, -0.1) is 11.3 Å². The van der Waals surface area contributed by atoms with Gasteiger partial charge in [0.15, 0.2) is 0 Å². The highest BCUT2D eigenvalue weighted by atomic mass is 79.9. The summed E-state index contributed by atoms with van der Waals surface area (Å²) in [7, 11) is 0. The molecule has 7 heteroatoms. The second-order valence-corrected chi connectivity index (χ2v) is 8.06. The van der Waals surface area contributed by atoms with Gasteiger partial charge in [-0.05, 0) is 31.5 Å². The summed E-state index contributed by atoms with van der Waals surface area (Å²) >= 11 is 4.98. The molecule has 0 saturated carbocycles. The largest absolute Gasteiger partial charge is 0.381 e. The van der Waals surface area contributed by atoms with E-state index in [1.165, 1.54) is 0 Å². The number of hydrogen-bond acceptors (Lipinski definition) is 4. The molecule has 2 N–H and O–H groups in total. The zero-order valence-corrected chi connectivity index (χ0v) is 15.3. The van der Waals surface area contributed by atoms with Crippen LogP contribution in [0.25, 0.3) is 0 Å². The first kappa shape index (κ1) is 16.4. The van der Waals surface area contributed by atoms with Crippen molar-refractivity contribution in [3.8, 4) is 0 Å². The van der Waals surface area contributed by atoms with Crippen molar-refractivity contribution in [2.45, 2.75) is 25.5 Å². The number of aryl methyl sites for hydroxylation is 1. The standard InChI is InChI=1S/C16H18BrN3O2S/c1-10-7-18-14(23-10)11(2)19-15(21)20-8-16(22,9-20)12-4-3-5-13(17)6-12/h3-7,11,22H,8-9H2,1-2H3,(H,19,21). The first-order valence-corrected chi connectivity index (χ1v) is 8.94. The maximum atomic E-state index is 12.3. The number of aliphatic hydroxyl groups is 1. The molecule has 2 aromatic rings. The van der Waals surface area contributed by atoms with Crippen molar-refractivity contribution in [1.82, 2.24) is 15.2 Å². The highest BCUT2D eigenvalue weighted by Gasteiger charge is 2.45. The lowest BCUT2D eigenvalue weighted by Crippen LogP contribution is -2.63. The summed E-state index contributed by atoms with van der Waals surface area (Å²) in [6.45, 7) is 4.48. The van der Waals surface area contributed by atoms with Gasteiger partial charge in [0.2, 0.25) is 0 Å². The molecule has 1 aromatic heterocycles. The fraction of sp³-hybridized carbons (Fsp3) is 0.375. The van der Waals surface area contributed by atoms with Gasteiger partial charge in [-0.2, -0.15) is 0 Å². The Morgan fingerprint density at radius 1 is 1.52 bits per heavy atom. The molecule has 1 fully saturated rings. The molecule has 122 valence electrons. The molecule has 5 nitrogen and oxygen atoms in total. The highest BCUT2D eigenvalue weighted by Crippen LogP contribution is 2.33. The van der Waals surface area contributed by atoms with Crippen LogP contribution in [0.1, 0.15) is 28.4 Å². The number of nitrogens with zero attached hydrogens (tertiary/aromatic N) is 2. The van der Waals surface area contributed by atoms with Crippen LogP contribution in [0.2, 0.25) is 0 Å². The summed E-state index contributed by atoms with van der Waals surface area (Å²) in [5, 5.41) is 14.4. The van der Waals surface area contributed by atoms with Crippen molar-refractivity contribution in [2.24, 2.45) is 0 Å². The number of nitrogens with one attached hydrogen (secondary N) is 1. The number of likely N-dealkylation sites (tertiary alicyclic amines) is 1. The van der Waals surface area contributed by atoms with Gasteiger partial charge >= 0.3 is 6.03 Å². The van der Waals surface area contributed by atoms with Gasteiger partial charge in [-0.3, -0.25) is 0 Å². The van der Waals surface area contributed by atoms with Gasteiger partial charge in [-0.1, -0.05) is 28.1 Å². The summed E-state index contributed by atoms with van der Waals surface area (Å²) < 4.78 is 0.916. The van der Waals surface area contributed by atoms with Crippen molar-refractivity contribution >= 4 is 33.3 Å². The van der Waals surface area contributed by atoms with E-state index in [2.05, 4.69) is 26.2 Å². The van der Waals surface area contributed by atoms with E-state index in [4.69, 9.17) is 0 Å². The van der Waals surface area contributed by atoms with E-state index >= 15 is 0 Å². The Bertz CT molecular complexity index is 728. The summed E-state index contributed by atoms with van der Waals surface area (Å²) in [4.78, 5) is 19.3. The van der Waals surface area contributed by atoms with E-state index in [0.717, 1.165) is 19.9 Å². The van der Waals surface area contributed by atoms with E-state index in [1.807, 2.05) is 38.1 Å². The molecule has 23 heavy (non-hydrogen) atoms. The highest BCUT2D eigenvalue weighted by molar-refractivity contribution is 9.10. The van der Waals surface area contributed by atoms with Crippen LogP contribution < -0.4 is 5.32 Å². The average molecular weight is 396 g/mol. The predicted molar refractivity (Wildman–Crippen MR) is 93.4 cm³/mol. The molecule has 0 spiro atoms. The van der Waals surface area contributed by atoms with Crippen molar-refractivity contribution < 1.29 is 9.90 Å². The molecule has 2 heterocycles. The van der Waals surface area contributed by atoms with Gasteiger partial charge < -0.3 is 15.3 Å². The molecule has 0 radical (unpaired) electrons. The topological polar surface area (TPSA) is 65.5 Å². The number of benzene rings is 1. The van der Waals surface area contributed by atoms with E-state index in [1.54, 1.807) is 22.4 Å². The smallest absolute Gasteiger partial charge is 0.318 e. The first-order valence-electron chi connectivity index (χ1n) is 7.33. The quantitative estimate of drug-likeness (QED) is 0.838. The first-order chi connectivity index (χ1) is 10.9. The van der Waals surface area contributed by atoms with E-state index in [0.29, 0.717) is 13.1 Å². The van der Waals surface area contributed by atoms with Crippen molar-refractivity contribution in [3.05, 3.63) is 50.4 Å². The van der Waals surface area contributed by atoms with Crippen LogP contribution in [-0.2, 0) is 5.60 Å². The average Bonchev–Trinajstić information content (AvgIpc) is 2.90. The molecule has 1 aliphatic heterocycles. The molecule has 0 bridgehead atoms. The van der Waals surface area contributed by atoms with Gasteiger partial charge in [-0.25, -0.2) is 9.78 Å². The third kappa shape index (κ3) is 3.41. The van der Waals surface area contributed by atoms with Crippen LogP contribution in [-0.4, -0.2) is 34.1 Å². The normalized spacial score (nSPS) is 17.5. The third-order valence-electron chi connectivity index (χ3n) is 3.90. The monoisotopic (exact) mass is 395 g/mol. The summed E-state index contributed by atoms with van der Waals surface area (Å²) in [6, 6.07) is 7.24. The van der Waals surface area contributed by atoms with Crippen molar-refractivity contribution in [2.75, 3.05) is 13.1 Å². The number of carbonyl (C=O) groups excluding carboxylic acids is 1. The van der Waals surface area contributed by atoms with E-state index in [-0.39, 0.29) is 12.1 Å². The Kier molecular flexibility index (Phi) is 4.44. The Morgan fingerprint density at radius 3 is 2.87 bits per heavy atom. The fourth-order valence-corrected chi connectivity index (χ4v) is 3.78. The Balaban J connectivity index is 1.59. The minimum Gasteiger partial charge on any atom is -0.381 e. The zero-order chi connectivity index (χ0) is 16.6. The van der Waals surface area contributed by atoms with Crippen LogP contribution in [0, 0.1) is 6.92 Å². The van der Waals surface area contributed by atoms with Crippen LogP contribution in [0.5, 0.6) is 0 Å². The Hall–Kier alpha value is -1.44. The SMILES string of the molecule is Cc1cnc(C(C)NC(=O)N2CC(O)(c3cccc(Br)c3)C2)s1. The Morgan fingerprint density at radius 2 is 2.26 bits per heavy atom. The molecular weight excluding hydrogens is 378 g/mol. The minimum atomic E-state index is -0.970. The van der Waals surface area contributed by atoms with Crippen LogP contribution in [0.4, 0.5) is 4.79 Å². The van der Waals surface area contributed by atoms with Crippen molar-refractivity contribution in [1.29, 1.82) is 0 Å². The second kappa shape index (κ2) is 6.22. The zero-order valence-electron chi connectivity index (χ0n) is 12.9. The number of carbonyl (C=O) groups is 1. The van der Waals surface area contributed by atoms with Crippen LogP contribution >= 0.6 is 27.3 Å². The van der Waals surface area contributed by atoms with Gasteiger partial charge in [0.05, 0.1) is 19.1 Å². The molecule has 2 amide bonds. The number of thiazole rings is 1.